The third-order valence-electron chi connectivity index (χ3n) is 5.40. The number of rotatable bonds is 5. The summed E-state index contributed by atoms with van der Waals surface area (Å²) in [6.45, 7) is 3.13. The minimum absolute atomic E-state index is 0.171. The van der Waals surface area contributed by atoms with E-state index in [1.807, 2.05) is 27.9 Å². The Bertz CT molecular complexity index is 686. The predicted molar refractivity (Wildman–Crippen MR) is 94.9 cm³/mol. The third-order valence-corrected chi connectivity index (χ3v) is 5.40. The van der Waals surface area contributed by atoms with E-state index in [1.165, 1.54) is 5.56 Å². The van der Waals surface area contributed by atoms with Gasteiger partial charge in [-0.25, -0.2) is 0 Å². The fourth-order valence-electron chi connectivity index (χ4n) is 4.07. The van der Waals surface area contributed by atoms with Gasteiger partial charge < -0.3 is 9.64 Å². The van der Waals surface area contributed by atoms with E-state index in [1.54, 1.807) is 6.20 Å². The minimum Gasteiger partial charge on any atom is -0.368 e. The summed E-state index contributed by atoms with van der Waals surface area (Å²) in [7, 11) is 0. The van der Waals surface area contributed by atoms with Gasteiger partial charge >= 0.3 is 0 Å². The zero-order valence-electron chi connectivity index (χ0n) is 14.5. The number of hydrogen-bond donors (Lipinski definition) is 0. The topological polar surface area (TPSA) is 47.4 Å². The Kier molecular flexibility index (Phi) is 4.83. The highest BCUT2D eigenvalue weighted by Gasteiger charge is 2.39. The zero-order valence-corrected chi connectivity index (χ0v) is 14.5. The fraction of sp³-hybridized carbons (Fsp3) is 0.500. The molecule has 0 spiro atoms. The van der Waals surface area contributed by atoms with Crippen molar-refractivity contribution in [2.75, 3.05) is 19.7 Å². The van der Waals surface area contributed by atoms with E-state index in [0.717, 1.165) is 38.9 Å². The molecule has 1 aromatic heterocycles. The molecular weight excluding hydrogens is 314 g/mol. The number of nitrogens with zero attached hydrogens (tertiary/aromatic N) is 3. The van der Waals surface area contributed by atoms with Crippen LogP contribution in [0.3, 0.4) is 0 Å². The number of ether oxygens (including phenoxy) is 1. The van der Waals surface area contributed by atoms with Gasteiger partial charge in [0.05, 0.1) is 0 Å². The Morgan fingerprint density at radius 1 is 1.20 bits per heavy atom. The highest BCUT2D eigenvalue weighted by Crippen LogP contribution is 2.28. The molecule has 0 bridgehead atoms. The summed E-state index contributed by atoms with van der Waals surface area (Å²) in [6.07, 6.45) is 6.48. The summed E-state index contributed by atoms with van der Waals surface area (Å²) in [5.41, 5.74) is 1.36. The Morgan fingerprint density at radius 3 is 2.88 bits per heavy atom. The molecule has 2 aliphatic heterocycles. The molecule has 2 aromatic rings. The van der Waals surface area contributed by atoms with Gasteiger partial charge in [0.15, 0.2) is 0 Å². The molecule has 1 aromatic carbocycles. The van der Waals surface area contributed by atoms with Gasteiger partial charge in [-0.05, 0) is 36.8 Å². The van der Waals surface area contributed by atoms with Crippen molar-refractivity contribution in [3.8, 4) is 0 Å². The van der Waals surface area contributed by atoms with Crippen molar-refractivity contribution >= 4 is 5.91 Å². The van der Waals surface area contributed by atoms with Gasteiger partial charge in [-0.1, -0.05) is 30.3 Å². The van der Waals surface area contributed by atoms with Crippen LogP contribution in [0.1, 0.15) is 18.4 Å². The van der Waals surface area contributed by atoms with Crippen LogP contribution < -0.4 is 0 Å². The molecule has 0 saturated carbocycles. The van der Waals surface area contributed by atoms with Gasteiger partial charge in [0, 0.05) is 44.6 Å². The molecule has 2 fully saturated rings. The molecule has 1 unspecified atom stereocenters. The number of carbonyl (C=O) groups is 1. The normalized spacial score (nSPS) is 26.2. The van der Waals surface area contributed by atoms with Crippen LogP contribution >= 0.6 is 0 Å². The van der Waals surface area contributed by atoms with Crippen LogP contribution in [0.15, 0.2) is 48.8 Å². The first-order chi connectivity index (χ1) is 12.3. The zero-order chi connectivity index (χ0) is 17.1. The molecule has 5 nitrogen and oxygen atoms in total. The van der Waals surface area contributed by atoms with Gasteiger partial charge in [-0.15, -0.1) is 0 Å². The Labute approximate surface area is 148 Å². The van der Waals surface area contributed by atoms with Crippen molar-refractivity contribution < 1.29 is 9.53 Å². The van der Waals surface area contributed by atoms with Crippen LogP contribution in [0, 0.1) is 11.8 Å². The van der Waals surface area contributed by atoms with Crippen molar-refractivity contribution in [3.05, 3.63) is 54.4 Å². The highest BCUT2D eigenvalue weighted by molar-refractivity contribution is 5.81. The van der Waals surface area contributed by atoms with Gasteiger partial charge in [0.1, 0.15) is 6.10 Å². The fourth-order valence-corrected chi connectivity index (χ4v) is 4.07. The maximum atomic E-state index is 13.0. The Balaban J connectivity index is 1.34. The maximum absolute atomic E-state index is 13.0. The second-order valence-corrected chi connectivity index (χ2v) is 7.20. The molecule has 0 aliphatic carbocycles. The van der Waals surface area contributed by atoms with E-state index >= 15 is 0 Å². The second-order valence-electron chi connectivity index (χ2n) is 7.20. The average Bonchev–Trinajstić information content (AvgIpc) is 3.38. The van der Waals surface area contributed by atoms with E-state index in [0.29, 0.717) is 12.5 Å². The Morgan fingerprint density at radius 2 is 2.08 bits per heavy atom. The number of likely N-dealkylation sites (tertiary alicyclic amines) is 1. The molecule has 2 aliphatic rings. The van der Waals surface area contributed by atoms with Crippen LogP contribution in [0.5, 0.6) is 0 Å². The smallest absolute Gasteiger partial charge is 0.252 e. The maximum Gasteiger partial charge on any atom is 0.252 e. The largest absolute Gasteiger partial charge is 0.368 e. The summed E-state index contributed by atoms with van der Waals surface area (Å²) >= 11 is 0. The lowest BCUT2D eigenvalue weighted by Crippen LogP contribution is -2.41. The van der Waals surface area contributed by atoms with Crippen molar-refractivity contribution in [3.63, 3.8) is 0 Å². The number of carbonyl (C=O) groups excluding carboxylic acids is 1. The predicted octanol–water partition coefficient (Wildman–Crippen LogP) is 2.38. The summed E-state index contributed by atoms with van der Waals surface area (Å²) in [5, 5.41) is 4.27. The first-order valence-electron chi connectivity index (χ1n) is 9.21. The first-order valence-corrected chi connectivity index (χ1v) is 9.21. The third kappa shape index (κ3) is 3.76. The molecule has 1 amide bonds. The van der Waals surface area contributed by atoms with E-state index in [4.69, 9.17) is 4.74 Å². The number of aromatic nitrogens is 2. The minimum atomic E-state index is -0.306. The second kappa shape index (κ2) is 7.40. The molecule has 0 radical (unpaired) electrons. The highest BCUT2D eigenvalue weighted by atomic mass is 16.5. The quantitative estimate of drug-likeness (QED) is 0.840. The molecule has 0 N–H and O–H groups in total. The van der Waals surface area contributed by atoms with Gasteiger partial charge in [0.25, 0.3) is 5.91 Å². The van der Waals surface area contributed by atoms with E-state index < -0.39 is 0 Å². The average molecular weight is 339 g/mol. The molecule has 2 saturated heterocycles. The van der Waals surface area contributed by atoms with Crippen molar-refractivity contribution in [2.24, 2.45) is 11.8 Å². The van der Waals surface area contributed by atoms with Crippen LogP contribution in [-0.2, 0) is 22.5 Å². The van der Waals surface area contributed by atoms with Crippen molar-refractivity contribution in [1.82, 2.24) is 14.7 Å². The van der Waals surface area contributed by atoms with Crippen molar-refractivity contribution in [2.45, 2.75) is 31.9 Å². The molecular formula is C20H25N3O2. The number of benzene rings is 1. The van der Waals surface area contributed by atoms with Gasteiger partial charge in [0.2, 0.25) is 0 Å². The van der Waals surface area contributed by atoms with E-state index in [9.17, 15) is 4.79 Å². The van der Waals surface area contributed by atoms with Gasteiger partial charge in [-0.3, -0.25) is 9.48 Å². The summed E-state index contributed by atoms with van der Waals surface area (Å²) < 4.78 is 7.71. The molecule has 5 heteroatoms. The van der Waals surface area contributed by atoms with Crippen molar-refractivity contribution in [1.29, 1.82) is 0 Å². The van der Waals surface area contributed by atoms with Crippen LogP contribution in [0.25, 0.3) is 0 Å². The van der Waals surface area contributed by atoms with Crippen LogP contribution in [-0.4, -0.2) is 46.4 Å². The molecule has 3 heterocycles. The lowest BCUT2D eigenvalue weighted by molar-refractivity contribution is -0.142. The lowest BCUT2D eigenvalue weighted by Gasteiger charge is -2.24. The van der Waals surface area contributed by atoms with E-state index in [2.05, 4.69) is 29.4 Å². The number of hydrogen-bond acceptors (Lipinski definition) is 3. The summed E-state index contributed by atoms with van der Waals surface area (Å²) in [4.78, 5) is 15.0. The number of amides is 1. The van der Waals surface area contributed by atoms with E-state index in [-0.39, 0.29) is 17.9 Å². The Hall–Kier alpha value is -2.14. The first kappa shape index (κ1) is 16.3. The van der Waals surface area contributed by atoms with Gasteiger partial charge in [-0.2, -0.15) is 5.10 Å². The standard InChI is InChI=1S/C20H25N3O2/c24-20(19-18(8-12-25-19)15-23-10-4-9-21-23)22-11-7-17(14-22)13-16-5-2-1-3-6-16/h1-6,9-10,17-19H,7-8,11-15H2/t17?,18-,19-/m1/s1. The molecule has 4 rings (SSSR count). The molecule has 3 atom stereocenters. The molecule has 132 valence electrons. The lowest BCUT2D eigenvalue weighted by atomic mass is 9.98. The monoisotopic (exact) mass is 339 g/mol. The van der Waals surface area contributed by atoms with Crippen LogP contribution in [0.2, 0.25) is 0 Å². The summed E-state index contributed by atoms with van der Waals surface area (Å²) in [6, 6.07) is 12.5. The summed E-state index contributed by atoms with van der Waals surface area (Å²) in [5.74, 6) is 0.947. The van der Waals surface area contributed by atoms with Crippen LogP contribution in [0.4, 0.5) is 0 Å². The SMILES string of the molecule is O=C([C@@H]1OCC[C@@H]1Cn1cccn1)N1CCC(Cc2ccccc2)C1. The molecule has 25 heavy (non-hydrogen) atoms.